The second-order valence-electron chi connectivity index (χ2n) is 7.84. The van der Waals surface area contributed by atoms with Crippen LogP contribution in [-0.4, -0.2) is 28.9 Å². The predicted molar refractivity (Wildman–Crippen MR) is 116 cm³/mol. The highest BCUT2D eigenvalue weighted by Gasteiger charge is 2.35. The zero-order valence-corrected chi connectivity index (χ0v) is 16.8. The number of methoxy groups -OCH3 is 1. The van der Waals surface area contributed by atoms with Gasteiger partial charge < -0.3 is 24.7 Å². The average Bonchev–Trinajstić information content (AvgIpc) is 3.15. The summed E-state index contributed by atoms with van der Waals surface area (Å²) in [5, 5.41) is 21.2. The summed E-state index contributed by atoms with van der Waals surface area (Å²) >= 11 is 0. The first-order valence-corrected chi connectivity index (χ1v) is 9.95. The Morgan fingerprint density at radius 1 is 1.00 bits per heavy atom. The molecule has 3 N–H and O–H groups in total. The Hall–Kier alpha value is -3.60. The molecule has 5 nitrogen and oxygen atoms in total. The van der Waals surface area contributed by atoms with Crippen molar-refractivity contribution in [1.29, 1.82) is 0 Å². The van der Waals surface area contributed by atoms with E-state index in [1.165, 1.54) is 11.1 Å². The van der Waals surface area contributed by atoms with Gasteiger partial charge >= 0.3 is 0 Å². The van der Waals surface area contributed by atoms with Crippen LogP contribution in [0.25, 0.3) is 10.9 Å². The Kier molecular flexibility index (Phi) is 4.31. The fourth-order valence-electron chi connectivity index (χ4n) is 4.48. The average molecular weight is 401 g/mol. The molecule has 0 aliphatic carbocycles. The minimum atomic E-state index is 0.0336. The van der Waals surface area contributed by atoms with Gasteiger partial charge in [0.05, 0.1) is 13.7 Å². The molecule has 2 atom stereocenters. The van der Waals surface area contributed by atoms with Gasteiger partial charge in [0.2, 0.25) is 0 Å². The first kappa shape index (κ1) is 18.4. The SMILES string of the molecule is COc1cc2[nH]cc(C3COc4cc(O)ccc4C3c3ccc(C)cc3)c2cc1O. The minimum Gasteiger partial charge on any atom is -0.508 e. The lowest BCUT2D eigenvalue weighted by molar-refractivity contribution is 0.248. The molecule has 1 aliphatic rings. The van der Waals surface area contributed by atoms with Crippen LogP contribution >= 0.6 is 0 Å². The van der Waals surface area contributed by atoms with Crippen LogP contribution in [0.15, 0.2) is 60.8 Å². The van der Waals surface area contributed by atoms with E-state index in [1.807, 2.05) is 18.3 Å². The molecule has 30 heavy (non-hydrogen) atoms. The van der Waals surface area contributed by atoms with Crippen LogP contribution in [0.2, 0.25) is 0 Å². The van der Waals surface area contributed by atoms with Gasteiger partial charge in [-0.15, -0.1) is 0 Å². The first-order chi connectivity index (χ1) is 14.5. The van der Waals surface area contributed by atoms with Gasteiger partial charge in [0.1, 0.15) is 11.5 Å². The highest BCUT2D eigenvalue weighted by Crippen LogP contribution is 2.48. The van der Waals surface area contributed by atoms with E-state index < -0.39 is 0 Å². The van der Waals surface area contributed by atoms with Crippen molar-refractivity contribution in [2.45, 2.75) is 18.8 Å². The molecule has 0 fully saturated rings. The molecular formula is C25H23NO4. The number of aromatic hydroxyl groups is 2. The molecule has 0 saturated carbocycles. The summed E-state index contributed by atoms with van der Waals surface area (Å²) in [4.78, 5) is 3.31. The van der Waals surface area contributed by atoms with Gasteiger partial charge in [0, 0.05) is 46.6 Å². The second-order valence-corrected chi connectivity index (χ2v) is 7.84. The van der Waals surface area contributed by atoms with Crippen molar-refractivity contribution in [3.8, 4) is 23.0 Å². The molecule has 3 aromatic carbocycles. The third kappa shape index (κ3) is 2.94. The summed E-state index contributed by atoms with van der Waals surface area (Å²) in [6.45, 7) is 2.54. The Bertz CT molecular complexity index is 1230. The lowest BCUT2D eigenvalue weighted by Gasteiger charge is -2.34. The second kappa shape index (κ2) is 7.02. The van der Waals surface area contributed by atoms with Gasteiger partial charge in [0.15, 0.2) is 11.5 Å². The molecule has 1 aliphatic heterocycles. The zero-order chi connectivity index (χ0) is 20.8. The van der Waals surface area contributed by atoms with E-state index >= 15 is 0 Å². The van der Waals surface area contributed by atoms with E-state index in [0.29, 0.717) is 18.1 Å². The first-order valence-electron chi connectivity index (χ1n) is 9.95. The number of fused-ring (bicyclic) bond motifs is 2. The van der Waals surface area contributed by atoms with E-state index in [-0.39, 0.29) is 23.3 Å². The molecule has 1 aromatic heterocycles. The normalized spacial score (nSPS) is 18.1. The summed E-state index contributed by atoms with van der Waals surface area (Å²) in [7, 11) is 1.54. The fourth-order valence-corrected chi connectivity index (χ4v) is 4.48. The van der Waals surface area contributed by atoms with E-state index in [9.17, 15) is 10.2 Å². The van der Waals surface area contributed by atoms with Gasteiger partial charge in [-0.05, 0) is 30.2 Å². The van der Waals surface area contributed by atoms with Crippen molar-refractivity contribution in [2.24, 2.45) is 0 Å². The van der Waals surface area contributed by atoms with Crippen molar-refractivity contribution in [3.05, 3.63) is 83.0 Å². The van der Waals surface area contributed by atoms with Crippen molar-refractivity contribution >= 4 is 10.9 Å². The maximum absolute atomic E-state index is 10.4. The quantitative estimate of drug-likeness (QED) is 0.441. The van der Waals surface area contributed by atoms with Crippen LogP contribution in [0.4, 0.5) is 0 Å². The van der Waals surface area contributed by atoms with E-state index in [4.69, 9.17) is 9.47 Å². The van der Waals surface area contributed by atoms with Gasteiger partial charge in [-0.1, -0.05) is 35.9 Å². The van der Waals surface area contributed by atoms with Crippen LogP contribution in [0.5, 0.6) is 23.0 Å². The fraction of sp³-hybridized carbons (Fsp3) is 0.200. The lowest BCUT2D eigenvalue weighted by atomic mass is 9.75. The number of phenols is 2. The van der Waals surface area contributed by atoms with E-state index in [1.54, 1.807) is 25.3 Å². The van der Waals surface area contributed by atoms with Gasteiger partial charge in [0.25, 0.3) is 0 Å². The molecule has 0 amide bonds. The van der Waals surface area contributed by atoms with Crippen LogP contribution in [0.3, 0.4) is 0 Å². The number of aromatic amines is 1. The largest absolute Gasteiger partial charge is 0.508 e. The molecule has 2 heterocycles. The number of ether oxygens (including phenoxy) is 2. The molecule has 2 unspecified atom stereocenters. The van der Waals surface area contributed by atoms with Crippen LogP contribution in [0.1, 0.15) is 34.1 Å². The van der Waals surface area contributed by atoms with Crippen molar-refractivity contribution in [2.75, 3.05) is 13.7 Å². The number of aromatic nitrogens is 1. The Morgan fingerprint density at radius 3 is 2.57 bits per heavy atom. The summed E-state index contributed by atoms with van der Waals surface area (Å²) in [6, 6.07) is 17.4. The third-order valence-electron chi connectivity index (χ3n) is 6.00. The summed E-state index contributed by atoms with van der Waals surface area (Å²) < 4.78 is 11.3. The highest BCUT2D eigenvalue weighted by molar-refractivity contribution is 5.87. The smallest absolute Gasteiger partial charge is 0.162 e. The molecular weight excluding hydrogens is 378 g/mol. The monoisotopic (exact) mass is 401 g/mol. The van der Waals surface area contributed by atoms with Crippen molar-refractivity contribution in [1.82, 2.24) is 4.98 Å². The summed E-state index contributed by atoms with van der Waals surface area (Å²) in [5.74, 6) is 1.54. The Labute approximate surface area is 174 Å². The van der Waals surface area contributed by atoms with E-state index in [0.717, 1.165) is 22.0 Å². The number of nitrogens with one attached hydrogen (secondary N) is 1. The molecule has 152 valence electrons. The van der Waals surface area contributed by atoms with Gasteiger partial charge in [-0.3, -0.25) is 0 Å². The van der Waals surface area contributed by atoms with Gasteiger partial charge in [-0.25, -0.2) is 0 Å². The van der Waals surface area contributed by atoms with Crippen molar-refractivity contribution in [3.63, 3.8) is 0 Å². The molecule has 4 aromatic rings. The predicted octanol–water partition coefficient (Wildman–Crippen LogP) is 5.20. The molecule has 0 radical (unpaired) electrons. The van der Waals surface area contributed by atoms with Crippen LogP contribution < -0.4 is 9.47 Å². The number of aryl methyl sites for hydroxylation is 1. The number of benzene rings is 3. The number of hydrogen-bond acceptors (Lipinski definition) is 4. The molecule has 5 heteroatoms. The highest BCUT2D eigenvalue weighted by atomic mass is 16.5. The zero-order valence-electron chi connectivity index (χ0n) is 16.8. The standard InChI is InChI=1S/C25H23NO4/c1-14-3-5-15(6-4-14)25-17-8-7-16(27)9-23(17)30-13-20(25)19-12-26-21-11-24(29-2)22(28)10-18(19)21/h3-12,20,25-28H,13H2,1-2H3. The van der Waals surface area contributed by atoms with Crippen molar-refractivity contribution < 1.29 is 19.7 Å². The number of rotatable bonds is 3. The Morgan fingerprint density at radius 2 is 1.80 bits per heavy atom. The number of H-pyrrole nitrogens is 1. The van der Waals surface area contributed by atoms with Crippen LogP contribution in [-0.2, 0) is 0 Å². The summed E-state index contributed by atoms with van der Waals surface area (Å²) in [6.07, 6.45) is 1.99. The lowest BCUT2D eigenvalue weighted by Crippen LogP contribution is -2.25. The minimum absolute atomic E-state index is 0.0336. The third-order valence-corrected chi connectivity index (χ3v) is 6.00. The maximum atomic E-state index is 10.4. The molecule has 5 rings (SSSR count). The Balaban J connectivity index is 1.68. The van der Waals surface area contributed by atoms with E-state index in [2.05, 4.69) is 36.2 Å². The molecule has 0 spiro atoms. The number of phenolic OH excluding ortho intramolecular Hbond substituents is 2. The van der Waals surface area contributed by atoms with Crippen LogP contribution in [0, 0.1) is 6.92 Å². The molecule has 0 saturated heterocycles. The van der Waals surface area contributed by atoms with Gasteiger partial charge in [-0.2, -0.15) is 0 Å². The molecule has 0 bridgehead atoms. The number of hydrogen-bond donors (Lipinski definition) is 3. The topological polar surface area (TPSA) is 74.7 Å². The maximum Gasteiger partial charge on any atom is 0.162 e. The summed E-state index contributed by atoms with van der Waals surface area (Å²) in [5.41, 5.74) is 5.41.